The van der Waals surface area contributed by atoms with Gasteiger partial charge in [0.25, 0.3) is 0 Å². The van der Waals surface area contributed by atoms with Gasteiger partial charge in [0.05, 0.1) is 18.8 Å². The minimum absolute atomic E-state index is 0.234. The average Bonchev–Trinajstić information content (AvgIpc) is 2.88. The molecule has 0 atom stereocenters. The lowest BCUT2D eigenvalue weighted by molar-refractivity contribution is -0.144. The molecule has 0 fully saturated rings. The number of aromatic nitrogens is 1. The molecule has 0 radical (unpaired) electrons. The van der Waals surface area contributed by atoms with Crippen LogP contribution in [0.5, 0.6) is 0 Å². The summed E-state index contributed by atoms with van der Waals surface area (Å²) in [6.07, 6.45) is 0. The van der Waals surface area contributed by atoms with Gasteiger partial charge in [0.2, 0.25) is 0 Å². The van der Waals surface area contributed by atoms with Crippen LogP contribution in [0.3, 0.4) is 0 Å². The number of hydrogen-bond acceptors (Lipinski definition) is 5. The first-order valence-electron chi connectivity index (χ1n) is 6.54. The molecular formula is C15H18N2O3. The third-order valence-corrected chi connectivity index (χ3v) is 2.75. The fourth-order valence-electron chi connectivity index (χ4n) is 1.88. The maximum absolute atomic E-state index is 11.4. The van der Waals surface area contributed by atoms with Crippen LogP contribution in [0.4, 0.5) is 0 Å². The highest BCUT2D eigenvalue weighted by atomic mass is 16.5. The third-order valence-electron chi connectivity index (χ3n) is 2.75. The van der Waals surface area contributed by atoms with Crippen LogP contribution in [0.1, 0.15) is 12.6 Å². The molecule has 106 valence electrons. The van der Waals surface area contributed by atoms with E-state index in [1.807, 2.05) is 48.3 Å². The lowest BCUT2D eigenvalue weighted by Crippen LogP contribution is -2.27. The molecule has 2 rings (SSSR count). The Kier molecular flexibility index (Phi) is 4.90. The molecule has 5 nitrogen and oxygen atoms in total. The van der Waals surface area contributed by atoms with Crippen LogP contribution in [0.2, 0.25) is 0 Å². The first-order chi connectivity index (χ1) is 9.69. The standard InChI is InChI=1S/C15H18N2O3/c1-3-19-15(18)11-17(2)10-13-9-14(20-16-13)12-7-5-4-6-8-12/h4-9H,3,10-11H2,1-2H3. The fourth-order valence-corrected chi connectivity index (χ4v) is 1.88. The number of rotatable bonds is 6. The summed E-state index contributed by atoms with van der Waals surface area (Å²) < 4.78 is 10.2. The van der Waals surface area contributed by atoms with Gasteiger partial charge in [-0.25, -0.2) is 0 Å². The maximum atomic E-state index is 11.4. The summed E-state index contributed by atoms with van der Waals surface area (Å²) in [7, 11) is 1.84. The van der Waals surface area contributed by atoms with E-state index in [2.05, 4.69) is 5.16 Å². The van der Waals surface area contributed by atoms with Gasteiger partial charge in [-0.3, -0.25) is 9.69 Å². The van der Waals surface area contributed by atoms with Gasteiger partial charge >= 0.3 is 5.97 Å². The summed E-state index contributed by atoms with van der Waals surface area (Å²) in [5.41, 5.74) is 1.77. The van der Waals surface area contributed by atoms with E-state index in [4.69, 9.17) is 9.26 Å². The van der Waals surface area contributed by atoms with E-state index in [1.165, 1.54) is 0 Å². The second kappa shape index (κ2) is 6.86. The van der Waals surface area contributed by atoms with Crippen LogP contribution < -0.4 is 0 Å². The predicted octanol–water partition coefficient (Wildman–Crippen LogP) is 2.34. The van der Waals surface area contributed by atoms with Gasteiger partial charge in [-0.1, -0.05) is 35.5 Å². The van der Waals surface area contributed by atoms with Gasteiger partial charge in [-0.05, 0) is 14.0 Å². The summed E-state index contributed by atoms with van der Waals surface area (Å²) in [6, 6.07) is 11.7. The van der Waals surface area contributed by atoms with E-state index in [1.54, 1.807) is 6.92 Å². The van der Waals surface area contributed by atoms with Crippen molar-refractivity contribution in [2.45, 2.75) is 13.5 Å². The number of esters is 1. The highest BCUT2D eigenvalue weighted by molar-refractivity contribution is 5.71. The summed E-state index contributed by atoms with van der Waals surface area (Å²) in [6.45, 7) is 2.97. The van der Waals surface area contributed by atoms with Crippen molar-refractivity contribution in [3.63, 3.8) is 0 Å². The quantitative estimate of drug-likeness (QED) is 0.757. The van der Waals surface area contributed by atoms with Gasteiger partial charge in [-0.2, -0.15) is 0 Å². The molecule has 0 bridgehead atoms. The number of nitrogens with zero attached hydrogens (tertiary/aromatic N) is 2. The summed E-state index contributed by atoms with van der Waals surface area (Å²) in [4.78, 5) is 13.2. The second-order valence-electron chi connectivity index (χ2n) is 4.53. The van der Waals surface area contributed by atoms with Gasteiger partial charge in [0.1, 0.15) is 0 Å². The zero-order valence-corrected chi connectivity index (χ0v) is 11.7. The number of carbonyl (C=O) groups excluding carboxylic acids is 1. The van der Waals surface area contributed by atoms with Gasteiger partial charge in [0, 0.05) is 18.2 Å². The van der Waals surface area contributed by atoms with Gasteiger partial charge in [0.15, 0.2) is 5.76 Å². The van der Waals surface area contributed by atoms with E-state index in [9.17, 15) is 4.79 Å². The van der Waals surface area contributed by atoms with E-state index < -0.39 is 0 Å². The van der Waals surface area contributed by atoms with Crippen LogP contribution in [0.25, 0.3) is 11.3 Å². The molecule has 0 saturated carbocycles. The molecule has 0 amide bonds. The van der Waals surface area contributed by atoms with Gasteiger partial charge in [-0.15, -0.1) is 0 Å². The Bertz CT molecular complexity index is 551. The highest BCUT2D eigenvalue weighted by Gasteiger charge is 2.11. The number of carbonyl (C=O) groups is 1. The Labute approximate surface area is 118 Å². The van der Waals surface area contributed by atoms with Crippen molar-refractivity contribution in [1.82, 2.24) is 10.1 Å². The molecule has 0 unspecified atom stereocenters. The highest BCUT2D eigenvalue weighted by Crippen LogP contribution is 2.20. The number of hydrogen-bond donors (Lipinski definition) is 0. The Balaban J connectivity index is 1.94. The molecule has 1 aromatic heterocycles. The fraction of sp³-hybridized carbons (Fsp3) is 0.333. The first kappa shape index (κ1) is 14.3. The SMILES string of the molecule is CCOC(=O)CN(C)Cc1cc(-c2ccccc2)on1. The van der Waals surface area contributed by atoms with Crippen molar-refractivity contribution in [3.05, 3.63) is 42.1 Å². The monoisotopic (exact) mass is 274 g/mol. The van der Waals surface area contributed by atoms with E-state index in [-0.39, 0.29) is 12.5 Å². The smallest absolute Gasteiger partial charge is 0.320 e. The summed E-state index contributed by atoms with van der Waals surface area (Å²) >= 11 is 0. The lowest BCUT2D eigenvalue weighted by atomic mass is 10.1. The zero-order chi connectivity index (χ0) is 14.4. The van der Waals surface area contributed by atoms with Crippen LogP contribution in [-0.2, 0) is 16.1 Å². The maximum Gasteiger partial charge on any atom is 0.320 e. The Morgan fingerprint density at radius 2 is 2.10 bits per heavy atom. The molecule has 0 saturated heterocycles. The molecule has 0 aliphatic heterocycles. The van der Waals surface area contributed by atoms with Crippen LogP contribution in [0, 0.1) is 0 Å². The Hall–Kier alpha value is -2.14. The summed E-state index contributed by atoms with van der Waals surface area (Å²) in [5.74, 6) is 0.493. The number of ether oxygens (including phenoxy) is 1. The molecule has 1 heterocycles. The van der Waals surface area contributed by atoms with Gasteiger partial charge < -0.3 is 9.26 Å². The molecule has 1 aromatic carbocycles. The predicted molar refractivity (Wildman–Crippen MR) is 74.9 cm³/mol. The van der Waals surface area contributed by atoms with Crippen molar-refractivity contribution in [2.75, 3.05) is 20.2 Å². The largest absolute Gasteiger partial charge is 0.465 e. The van der Waals surface area contributed by atoms with Crippen molar-refractivity contribution < 1.29 is 14.1 Å². The lowest BCUT2D eigenvalue weighted by Gasteiger charge is -2.13. The molecule has 2 aromatic rings. The minimum Gasteiger partial charge on any atom is -0.465 e. The van der Waals surface area contributed by atoms with E-state index >= 15 is 0 Å². The zero-order valence-electron chi connectivity index (χ0n) is 11.7. The Morgan fingerprint density at radius 1 is 1.35 bits per heavy atom. The number of likely N-dealkylation sites (N-methyl/N-ethyl adjacent to an activating group) is 1. The molecule has 0 aliphatic rings. The van der Waals surface area contributed by atoms with Crippen molar-refractivity contribution in [2.24, 2.45) is 0 Å². The van der Waals surface area contributed by atoms with E-state index in [0.717, 1.165) is 17.0 Å². The number of benzene rings is 1. The van der Waals surface area contributed by atoms with Crippen LogP contribution in [0.15, 0.2) is 40.9 Å². The third kappa shape index (κ3) is 3.93. The first-order valence-corrected chi connectivity index (χ1v) is 6.54. The molecule has 0 aliphatic carbocycles. The van der Waals surface area contributed by atoms with E-state index in [0.29, 0.717) is 13.2 Å². The normalized spacial score (nSPS) is 10.8. The molecule has 5 heteroatoms. The summed E-state index contributed by atoms with van der Waals surface area (Å²) in [5, 5.41) is 4.02. The van der Waals surface area contributed by atoms with Crippen molar-refractivity contribution in [3.8, 4) is 11.3 Å². The molecule has 0 N–H and O–H groups in total. The topological polar surface area (TPSA) is 55.6 Å². The average molecular weight is 274 g/mol. The van der Waals surface area contributed by atoms with Crippen molar-refractivity contribution >= 4 is 5.97 Å². The van der Waals surface area contributed by atoms with Crippen LogP contribution in [-0.4, -0.2) is 36.2 Å². The Morgan fingerprint density at radius 3 is 2.80 bits per heavy atom. The minimum atomic E-state index is -0.234. The molecule has 0 spiro atoms. The molecule has 20 heavy (non-hydrogen) atoms. The van der Waals surface area contributed by atoms with Crippen molar-refractivity contribution in [1.29, 1.82) is 0 Å². The second-order valence-corrected chi connectivity index (χ2v) is 4.53. The molecular weight excluding hydrogens is 256 g/mol. The van der Waals surface area contributed by atoms with Crippen LogP contribution >= 0.6 is 0 Å².